The quantitative estimate of drug-likeness (QED) is 0.647. The van der Waals surface area contributed by atoms with Crippen molar-refractivity contribution in [1.82, 2.24) is 10.4 Å². The highest BCUT2D eigenvalue weighted by molar-refractivity contribution is 7.11. The van der Waals surface area contributed by atoms with E-state index in [0.717, 1.165) is 15.4 Å². The summed E-state index contributed by atoms with van der Waals surface area (Å²) in [5.74, 6) is 7.04. The molecule has 0 aliphatic carbocycles. The highest BCUT2D eigenvalue weighted by Gasteiger charge is 2.17. The van der Waals surface area contributed by atoms with Crippen LogP contribution in [0, 0.1) is 6.92 Å². The number of nitrogens with two attached hydrogens (primary N) is 1. The first-order valence-electron chi connectivity index (χ1n) is 5.80. The first-order valence-corrected chi connectivity index (χ1v) is 6.61. The van der Waals surface area contributed by atoms with Crippen molar-refractivity contribution in [1.29, 1.82) is 0 Å². The van der Waals surface area contributed by atoms with E-state index >= 15 is 0 Å². The number of hydrazine groups is 1. The number of nitrogens with one attached hydrogen (secondary N) is 1. The van der Waals surface area contributed by atoms with Crippen LogP contribution in [0.15, 0.2) is 24.4 Å². The van der Waals surface area contributed by atoms with Gasteiger partial charge in [0.05, 0.1) is 25.3 Å². The standard InChI is InChI=1S/C13H17N3O2S/c1-8-15-7-12(19-8)13(16-14)9-4-5-10(17-2)11(6-9)18-3/h4-7,13,16H,14H2,1-3H3. The average molecular weight is 279 g/mol. The number of thiazole rings is 1. The van der Waals surface area contributed by atoms with Crippen molar-refractivity contribution in [3.63, 3.8) is 0 Å². The molecule has 0 fully saturated rings. The number of methoxy groups -OCH3 is 2. The number of benzene rings is 1. The lowest BCUT2D eigenvalue weighted by molar-refractivity contribution is 0.354. The van der Waals surface area contributed by atoms with Gasteiger partial charge in [0.25, 0.3) is 0 Å². The Labute approximate surface area is 116 Å². The molecule has 1 heterocycles. The Morgan fingerprint density at radius 2 is 2.00 bits per heavy atom. The summed E-state index contributed by atoms with van der Waals surface area (Å²) in [6.07, 6.45) is 1.83. The molecule has 3 N–H and O–H groups in total. The van der Waals surface area contributed by atoms with Crippen LogP contribution in [0.5, 0.6) is 11.5 Å². The Morgan fingerprint density at radius 3 is 2.53 bits per heavy atom. The van der Waals surface area contributed by atoms with Gasteiger partial charge in [-0.15, -0.1) is 11.3 Å². The Hall–Kier alpha value is -1.63. The Balaban J connectivity index is 2.38. The van der Waals surface area contributed by atoms with Crippen LogP contribution in [0.2, 0.25) is 0 Å². The lowest BCUT2D eigenvalue weighted by Crippen LogP contribution is -2.28. The lowest BCUT2D eigenvalue weighted by atomic mass is 10.1. The molecule has 2 rings (SSSR count). The third kappa shape index (κ3) is 2.86. The minimum absolute atomic E-state index is 0.106. The Kier molecular flexibility index (Phi) is 4.36. The van der Waals surface area contributed by atoms with Crippen LogP contribution >= 0.6 is 11.3 Å². The molecule has 0 saturated heterocycles. The van der Waals surface area contributed by atoms with Crippen LogP contribution in [0.1, 0.15) is 21.5 Å². The fraction of sp³-hybridized carbons (Fsp3) is 0.308. The molecule has 0 aliphatic heterocycles. The molecule has 0 saturated carbocycles. The molecule has 6 heteroatoms. The van der Waals surface area contributed by atoms with Crippen molar-refractivity contribution < 1.29 is 9.47 Å². The van der Waals surface area contributed by atoms with Gasteiger partial charge in [0.1, 0.15) is 0 Å². The first-order chi connectivity index (χ1) is 9.19. The summed E-state index contributed by atoms with van der Waals surface area (Å²) in [4.78, 5) is 5.32. The third-order valence-electron chi connectivity index (χ3n) is 2.83. The third-order valence-corrected chi connectivity index (χ3v) is 3.81. The predicted octanol–water partition coefficient (Wildman–Crippen LogP) is 2.02. The van der Waals surface area contributed by atoms with Crippen molar-refractivity contribution in [2.45, 2.75) is 13.0 Å². The molecule has 102 valence electrons. The van der Waals surface area contributed by atoms with Crippen LogP contribution in [0.3, 0.4) is 0 Å². The highest BCUT2D eigenvalue weighted by atomic mass is 32.1. The average Bonchev–Trinajstić information content (AvgIpc) is 2.86. The smallest absolute Gasteiger partial charge is 0.161 e. The van der Waals surface area contributed by atoms with Crippen molar-refractivity contribution >= 4 is 11.3 Å². The molecule has 1 aromatic heterocycles. The van der Waals surface area contributed by atoms with Gasteiger partial charge in [-0.1, -0.05) is 6.07 Å². The van der Waals surface area contributed by atoms with E-state index in [1.807, 2.05) is 31.3 Å². The van der Waals surface area contributed by atoms with E-state index in [0.29, 0.717) is 11.5 Å². The van der Waals surface area contributed by atoms with E-state index in [4.69, 9.17) is 15.3 Å². The summed E-state index contributed by atoms with van der Waals surface area (Å²) in [5, 5.41) is 1.01. The molecular formula is C13H17N3O2S. The number of hydrogen-bond donors (Lipinski definition) is 2. The van der Waals surface area contributed by atoms with Crippen LogP contribution in [0.4, 0.5) is 0 Å². The minimum Gasteiger partial charge on any atom is -0.493 e. The lowest BCUT2D eigenvalue weighted by Gasteiger charge is -2.16. The summed E-state index contributed by atoms with van der Waals surface area (Å²) in [7, 11) is 3.23. The number of aromatic nitrogens is 1. The van der Waals surface area contributed by atoms with Gasteiger partial charge < -0.3 is 9.47 Å². The molecule has 0 amide bonds. The summed E-state index contributed by atoms with van der Waals surface area (Å²) in [6, 6.07) is 5.64. The van der Waals surface area contributed by atoms with Crippen molar-refractivity contribution in [2.75, 3.05) is 14.2 Å². The molecule has 1 atom stereocenters. The minimum atomic E-state index is -0.106. The van der Waals surface area contributed by atoms with Gasteiger partial charge in [0, 0.05) is 11.1 Å². The zero-order chi connectivity index (χ0) is 13.8. The molecule has 0 radical (unpaired) electrons. The SMILES string of the molecule is COc1ccc(C(NN)c2cnc(C)s2)cc1OC. The molecule has 5 nitrogen and oxygen atoms in total. The molecule has 0 aliphatic rings. The summed E-state index contributed by atoms with van der Waals surface area (Å²) in [5.41, 5.74) is 3.81. The maximum atomic E-state index is 5.66. The van der Waals surface area contributed by atoms with Crippen molar-refractivity contribution in [3.8, 4) is 11.5 Å². The number of ether oxygens (including phenoxy) is 2. The molecule has 19 heavy (non-hydrogen) atoms. The van der Waals surface area contributed by atoms with Crippen LogP contribution in [0.25, 0.3) is 0 Å². The van der Waals surface area contributed by atoms with Gasteiger partial charge in [-0.05, 0) is 24.6 Å². The summed E-state index contributed by atoms with van der Waals surface area (Å²) in [6.45, 7) is 1.97. The van der Waals surface area contributed by atoms with E-state index in [1.165, 1.54) is 0 Å². The maximum Gasteiger partial charge on any atom is 0.161 e. The van der Waals surface area contributed by atoms with Crippen LogP contribution in [-0.4, -0.2) is 19.2 Å². The van der Waals surface area contributed by atoms with Gasteiger partial charge in [-0.25, -0.2) is 10.4 Å². The summed E-state index contributed by atoms with van der Waals surface area (Å²) < 4.78 is 10.5. The van der Waals surface area contributed by atoms with E-state index in [9.17, 15) is 0 Å². The number of nitrogens with zero attached hydrogens (tertiary/aromatic N) is 1. The second kappa shape index (κ2) is 6.01. The van der Waals surface area contributed by atoms with Crippen LogP contribution in [-0.2, 0) is 0 Å². The van der Waals surface area contributed by atoms with Gasteiger partial charge in [0.2, 0.25) is 0 Å². The van der Waals surface area contributed by atoms with E-state index < -0.39 is 0 Å². The number of hydrogen-bond acceptors (Lipinski definition) is 6. The van der Waals surface area contributed by atoms with Gasteiger partial charge in [0.15, 0.2) is 11.5 Å². The molecule has 1 unspecified atom stereocenters. The fourth-order valence-electron chi connectivity index (χ4n) is 1.89. The number of aryl methyl sites for hydroxylation is 1. The molecule has 0 bridgehead atoms. The topological polar surface area (TPSA) is 69.4 Å². The van der Waals surface area contributed by atoms with Crippen molar-refractivity contribution in [2.24, 2.45) is 5.84 Å². The highest BCUT2D eigenvalue weighted by Crippen LogP contribution is 2.33. The van der Waals surface area contributed by atoms with E-state index in [2.05, 4.69) is 10.4 Å². The van der Waals surface area contributed by atoms with Crippen LogP contribution < -0.4 is 20.7 Å². The van der Waals surface area contributed by atoms with E-state index in [1.54, 1.807) is 25.6 Å². The second-order valence-corrected chi connectivity index (χ2v) is 5.26. The second-order valence-electron chi connectivity index (χ2n) is 4.00. The molecular weight excluding hydrogens is 262 g/mol. The normalized spacial score (nSPS) is 12.2. The zero-order valence-electron chi connectivity index (χ0n) is 11.1. The fourth-order valence-corrected chi connectivity index (χ4v) is 2.76. The Morgan fingerprint density at radius 1 is 1.26 bits per heavy atom. The largest absolute Gasteiger partial charge is 0.493 e. The van der Waals surface area contributed by atoms with Gasteiger partial charge in [-0.3, -0.25) is 5.84 Å². The zero-order valence-corrected chi connectivity index (χ0v) is 12.0. The number of rotatable bonds is 5. The van der Waals surface area contributed by atoms with E-state index in [-0.39, 0.29) is 6.04 Å². The van der Waals surface area contributed by atoms with Gasteiger partial charge >= 0.3 is 0 Å². The van der Waals surface area contributed by atoms with Gasteiger partial charge in [-0.2, -0.15) is 0 Å². The molecule has 2 aromatic rings. The predicted molar refractivity (Wildman–Crippen MR) is 75.6 cm³/mol. The molecule has 0 spiro atoms. The monoisotopic (exact) mass is 279 g/mol. The Bertz CT molecular complexity index is 557. The first kappa shape index (κ1) is 13.8. The maximum absolute atomic E-state index is 5.66. The van der Waals surface area contributed by atoms with Crippen molar-refractivity contribution in [3.05, 3.63) is 39.8 Å². The molecule has 1 aromatic carbocycles. The summed E-state index contributed by atoms with van der Waals surface area (Å²) >= 11 is 1.61.